The predicted octanol–water partition coefficient (Wildman–Crippen LogP) is 1.80. The van der Waals surface area contributed by atoms with Gasteiger partial charge in [0.25, 0.3) is 10.0 Å². The van der Waals surface area contributed by atoms with Gasteiger partial charge in [-0.25, -0.2) is 8.42 Å². The number of hydrogen-bond donors (Lipinski definition) is 1. The highest BCUT2D eigenvalue weighted by Crippen LogP contribution is 2.20. The number of hydrogen-bond acceptors (Lipinski definition) is 4. The van der Waals surface area contributed by atoms with Gasteiger partial charge < -0.3 is 10.2 Å². The smallest absolute Gasteiger partial charge is 0.276 e. The lowest BCUT2D eigenvalue weighted by molar-refractivity contribution is 0.340. The molecule has 0 radical (unpaired) electrons. The summed E-state index contributed by atoms with van der Waals surface area (Å²) >= 11 is 0. The molecule has 0 aliphatic carbocycles. The fourth-order valence-electron chi connectivity index (χ4n) is 1.61. The molecular weight excluding hydrogens is 252 g/mol. The summed E-state index contributed by atoms with van der Waals surface area (Å²) in [6.45, 7) is 7.05. The molecule has 1 heterocycles. The van der Waals surface area contributed by atoms with Crippen LogP contribution in [0.5, 0.6) is 0 Å². The van der Waals surface area contributed by atoms with Gasteiger partial charge in [0, 0.05) is 13.1 Å². The zero-order chi connectivity index (χ0) is 13.8. The third-order valence-corrected chi connectivity index (χ3v) is 4.81. The monoisotopic (exact) mass is 274 g/mol. The fraction of sp³-hybridized carbons (Fsp3) is 0.667. The summed E-state index contributed by atoms with van der Waals surface area (Å²) in [6, 6.07) is 3.07. The average Bonchev–Trinajstić information content (AvgIpc) is 2.84. The molecule has 1 atom stereocenters. The van der Waals surface area contributed by atoms with Gasteiger partial charge in [-0.1, -0.05) is 27.2 Å². The van der Waals surface area contributed by atoms with Crippen LogP contribution in [0.2, 0.25) is 0 Å². The highest BCUT2D eigenvalue weighted by Gasteiger charge is 2.27. The topological polar surface area (TPSA) is 76.5 Å². The lowest BCUT2D eigenvalue weighted by Crippen LogP contribution is -2.34. The highest BCUT2D eigenvalue weighted by molar-refractivity contribution is 7.89. The van der Waals surface area contributed by atoms with E-state index in [9.17, 15) is 8.42 Å². The Morgan fingerprint density at radius 1 is 1.39 bits per heavy atom. The van der Waals surface area contributed by atoms with E-state index in [4.69, 9.17) is 10.2 Å². The molecule has 1 aromatic heterocycles. The Labute approximate surface area is 109 Å². The molecule has 0 aromatic carbocycles. The summed E-state index contributed by atoms with van der Waals surface area (Å²) in [5, 5.41) is -0.0203. The van der Waals surface area contributed by atoms with E-state index in [1.807, 2.05) is 20.8 Å². The van der Waals surface area contributed by atoms with Crippen molar-refractivity contribution in [1.29, 1.82) is 0 Å². The van der Waals surface area contributed by atoms with Gasteiger partial charge in [-0.05, 0) is 18.1 Å². The van der Waals surface area contributed by atoms with Crippen molar-refractivity contribution < 1.29 is 12.8 Å². The molecule has 2 N–H and O–H groups in total. The van der Waals surface area contributed by atoms with Gasteiger partial charge in [-0.15, -0.1) is 0 Å². The fourth-order valence-corrected chi connectivity index (χ4v) is 3.11. The molecule has 5 nitrogen and oxygen atoms in total. The van der Waals surface area contributed by atoms with Gasteiger partial charge in [0.1, 0.15) is 5.76 Å². The lowest BCUT2D eigenvalue weighted by atomic mass is 10.1. The molecule has 104 valence electrons. The van der Waals surface area contributed by atoms with Crippen molar-refractivity contribution in [3.63, 3.8) is 0 Å². The van der Waals surface area contributed by atoms with Gasteiger partial charge in [0.2, 0.25) is 5.09 Å². The number of nitrogens with zero attached hydrogens (tertiary/aromatic N) is 1. The molecule has 0 spiro atoms. The van der Waals surface area contributed by atoms with Crippen LogP contribution in [-0.2, 0) is 16.6 Å². The van der Waals surface area contributed by atoms with Crippen molar-refractivity contribution >= 4 is 10.0 Å². The maximum atomic E-state index is 12.3. The van der Waals surface area contributed by atoms with Crippen molar-refractivity contribution in [2.24, 2.45) is 11.7 Å². The van der Waals surface area contributed by atoms with Crippen molar-refractivity contribution in [2.45, 2.75) is 38.8 Å². The molecule has 0 saturated carbocycles. The summed E-state index contributed by atoms with van der Waals surface area (Å²) in [7, 11) is -3.53. The average molecular weight is 274 g/mol. The number of nitrogens with two attached hydrogens (primary N) is 1. The molecule has 0 bridgehead atoms. The summed E-state index contributed by atoms with van der Waals surface area (Å²) in [6.07, 6.45) is 0.943. The van der Waals surface area contributed by atoms with Gasteiger partial charge in [-0.2, -0.15) is 4.31 Å². The predicted molar refractivity (Wildman–Crippen MR) is 70.5 cm³/mol. The zero-order valence-electron chi connectivity index (χ0n) is 11.2. The van der Waals surface area contributed by atoms with Crippen LogP contribution in [0.15, 0.2) is 21.6 Å². The Kier molecular flexibility index (Phi) is 5.37. The van der Waals surface area contributed by atoms with Crippen molar-refractivity contribution in [3.8, 4) is 0 Å². The molecule has 0 aliphatic rings. The molecule has 6 heteroatoms. The largest absolute Gasteiger partial charge is 0.447 e. The standard InChI is InChI=1S/C12H22N2O3S/c1-4-10(3)9-14(5-2)18(15,16)12-7-6-11(8-13)17-12/h6-7,10H,4-5,8-9,13H2,1-3H3. The van der Waals surface area contributed by atoms with Crippen LogP contribution in [-0.4, -0.2) is 25.8 Å². The van der Waals surface area contributed by atoms with E-state index < -0.39 is 10.0 Å². The van der Waals surface area contributed by atoms with Gasteiger partial charge >= 0.3 is 0 Å². The molecule has 0 amide bonds. The first-order chi connectivity index (χ1) is 8.45. The van der Waals surface area contributed by atoms with E-state index in [1.165, 1.54) is 10.4 Å². The van der Waals surface area contributed by atoms with Crippen LogP contribution in [0.1, 0.15) is 33.0 Å². The molecule has 0 saturated heterocycles. The summed E-state index contributed by atoms with van der Waals surface area (Å²) in [5.41, 5.74) is 5.42. The first-order valence-electron chi connectivity index (χ1n) is 6.24. The van der Waals surface area contributed by atoms with Crippen LogP contribution < -0.4 is 5.73 Å². The van der Waals surface area contributed by atoms with Crippen LogP contribution in [0.25, 0.3) is 0 Å². The first-order valence-corrected chi connectivity index (χ1v) is 7.68. The van der Waals surface area contributed by atoms with Crippen molar-refractivity contribution in [2.75, 3.05) is 13.1 Å². The van der Waals surface area contributed by atoms with E-state index in [0.717, 1.165) is 6.42 Å². The van der Waals surface area contributed by atoms with E-state index in [1.54, 1.807) is 6.07 Å². The third kappa shape index (κ3) is 3.34. The Balaban J connectivity index is 2.95. The van der Waals surface area contributed by atoms with Gasteiger partial charge in [0.15, 0.2) is 0 Å². The van der Waals surface area contributed by atoms with Crippen LogP contribution in [0.3, 0.4) is 0 Å². The van der Waals surface area contributed by atoms with E-state index in [0.29, 0.717) is 24.8 Å². The number of sulfonamides is 1. The molecule has 1 rings (SSSR count). The Bertz CT molecular complexity index is 467. The second kappa shape index (κ2) is 6.36. The minimum Gasteiger partial charge on any atom is -0.447 e. The van der Waals surface area contributed by atoms with Crippen LogP contribution in [0, 0.1) is 5.92 Å². The Morgan fingerprint density at radius 2 is 2.06 bits per heavy atom. The van der Waals surface area contributed by atoms with Crippen molar-refractivity contribution in [3.05, 3.63) is 17.9 Å². The van der Waals surface area contributed by atoms with E-state index in [-0.39, 0.29) is 11.6 Å². The quantitative estimate of drug-likeness (QED) is 0.822. The minimum atomic E-state index is -3.53. The maximum absolute atomic E-state index is 12.3. The molecule has 1 unspecified atom stereocenters. The molecular formula is C12H22N2O3S. The molecule has 18 heavy (non-hydrogen) atoms. The second-order valence-electron chi connectivity index (χ2n) is 4.39. The Morgan fingerprint density at radius 3 is 2.50 bits per heavy atom. The SMILES string of the molecule is CCC(C)CN(CC)S(=O)(=O)c1ccc(CN)o1. The molecule has 1 aromatic rings. The van der Waals surface area contributed by atoms with Crippen molar-refractivity contribution in [1.82, 2.24) is 4.31 Å². The van der Waals surface area contributed by atoms with Crippen LogP contribution in [0.4, 0.5) is 0 Å². The zero-order valence-corrected chi connectivity index (χ0v) is 12.0. The maximum Gasteiger partial charge on any atom is 0.276 e. The molecule has 0 aliphatic heterocycles. The number of rotatable bonds is 7. The van der Waals surface area contributed by atoms with Gasteiger partial charge in [0.05, 0.1) is 6.54 Å². The summed E-state index contributed by atoms with van der Waals surface area (Å²) in [5.74, 6) is 0.803. The van der Waals surface area contributed by atoms with E-state index >= 15 is 0 Å². The minimum absolute atomic E-state index is 0.0203. The van der Waals surface area contributed by atoms with Gasteiger partial charge in [-0.3, -0.25) is 0 Å². The van der Waals surface area contributed by atoms with E-state index in [2.05, 4.69) is 0 Å². The normalized spacial score (nSPS) is 14.1. The Hall–Kier alpha value is -0.850. The van der Waals surface area contributed by atoms with Crippen LogP contribution >= 0.6 is 0 Å². The third-order valence-electron chi connectivity index (χ3n) is 3.00. The summed E-state index contributed by atoms with van der Waals surface area (Å²) < 4.78 is 31.4. The second-order valence-corrected chi connectivity index (χ2v) is 6.26. The molecule has 0 fully saturated rings. The number of furan rings is 1. The highest BCUT2D eigenvalue weighted by atomic mass is 32.2. The summed E-state index contributed by atoms with van der Waals surface area (Å²) in [4.78, 5) is 0. The lowest BCUT2D eigenvalue weighted by Gasteiger charge is -2.22. The first kappa shape index (κ1) is 15.2.